The fourth-order valence-corrected chi connectivity index (χ4v) is 2.00. The van der Waals surface area contributed by atoms with Gasteiger partial charge in [-0.05, 0) is 40.2 Å². The number of aromatic nitrogens is 2. The predicted molar refractivity (Wildman–Crippen MR) is 73.7 cm³/mol. The Labute approximate surface area is 117 Å². The molecule has 0 bridgehead atoms. The Morgan fingerprint density at radius 3 is 2.84 bits per heavy atom. The zero-order valence-corrected chi connectivity index (χ0v) is 11.3. The highest BCUT2D eigenvalue weighted by molar-refractivity contribution is 9.10. The molecule has 94 valence electrons. The molecule has 3 rings (SSSR count). The number of ether oxygens (including phenoxy) is 1. The van der Waals surface area contributed by atoms with Crippen molar-refractivity contribution in [2.45, 2.75) is 0 Å². The predicted octanol–water partition coefficient (Wildman–Crippen LogP) is 4.32. The fraction of sp³-hybridized carbons (Fsp3) is 0. The first kappa shape index (κ1) is 12.0. The van der Waals surface area contributed by atoms with Crippen LogP contribution in [-0.2, 0) is 0 Å². The summed E-state index contributed by atoms with van der Waals surface area (Å²) in [5.74, 6) is -0.0751. The molecule has 0 amide bonds. The molecule has 3 aromatic rings. The van der Waals surface area contributed by atoms with Gasteiger partial charge in [-0.2, -0.15) is 0 Å². The molecular weight excluding hydrogens is 311 g/mol. The van der Waals surface area contributed by atoms with Crippen molar-refractivity contribution >= 4 is 26.8 Å². The van der Waals surface area contributed by atoms with Gasteiger partial charge in [0.1, 0.15) is 5.75 Å². The van der Waals surface area contributed by atoms with Crippen LogP contribution in [0.1, 0.15) is 0 Å². The number of rotatable bonds is 2. The molecule has 1 aromatic carbocycles. The Morgan fingerprint density at radius 2 is 2.00 bits per heavy atom. The molecule has 0 saturated heterocycles. The quantitative estimate of drug-likeness (QED) is 0.705. The van der Waals surface area contributed by atoms with Gasteiger partial charge < -0.3 is 4.74 Å². The lowest BCUT2D eigenvalue weighted by atomic mass is 10.2. The second-order valence-electron chi connectivity index (χ2n) is 3.90. The van der Waals surface area contributed by atoms with E-state index < -0.39 is 5.82 Å². The van der Waals surface area contributed by atoms with Gasteiger partial charge in [-0.15, -0.1) is 0 Å². The van der Waals surface area contributed by atoms with Crippen molar-refractivity contribution in [3.8, 4) is 11.6 Å². The first-order chi connectivity index (χ1) is 9.22. The van der Waals surface area contributed by atoms with Crippen LogP contribution in [0, 0.1) is 5.82 Å². The molecule has 0 aliphatic heterocycles. The van der Waals surface area contributed by atoms with E-state index >= 15 is 0 Å². The number of halogens is 2. The summed E-state index contributed by atoms with van der Waals surface area (Å²) in [6.45, 7) is 0. The van der Waals surface area contributed by atoms with E-state index in [1.165, 1.54) is 12.3 Å². The summed E-state index contributed by atoms with van der Waals surface area (Å²) in [5.41, 5.74) is 0.789. The number of fused-ring (bicyclic) bond motifs is 1. The van der Waals surface area contributed by atoms with E-state index in [9.17, 15) is 4.39 Å². The highest BCUT2D eigenvalue weighted by Gasteiger charge is 2.07. The normalized spacial score (nSPS) is 10.6. The maximum absolute atomic E-state index is 13.6. The van der Waals surface area contributed by atoms with Crippen molar-refractivity contribution in [2.24, 2.45) is 0 Å². The first-order valence-corrected chi connectivity index (χ1v) is 6.35. The molecule has 0 saturated carbocycles. The van der Waals surface area contributed by atoms with Crippen molar-refractivity contribution in [2.75, 3.05) is 0 Å². The molecule has 19 heavy (non-hydrogen) atoms. The van der Waals surface area contributed by atoms with Gasteiger partial charge in [-0.25, -0.2) is 9.37 Å². The van der Waals surface area contributed by atoms with E-state index in [-0.39, 0.29) is 5.88 Å². The summed E-state index contributed by atoms with van der Waals surface area (Å²) in [6.07, 6.45) is 3.18. The minimum Gasteiger partial charge on any atom is -0.436 e. The lowest BCUT2D eigenvalue weighted by Crippen LogP contribution is -1.92. The Kier molecular flexibility index (Phi) is 3.13. The fourth-order valence-electron chi connectivity index (χ4n) is 1.70. The molecule has 0 atom stereocenters. The molecule has 0 unspecified atom stereocenters. The first-order valence-electron chi connectivity index (χ1n) is 5.56. The highest BCUT2D eigenvalue weighted by Crippen LogP contribution is 2.26. The third kappa shape index (κ3) is 2.56. The van der Waals surface area contributed by atoms with Gasteiger partial charge in [-0.1, -0.05) is 6.07 Å². The molecule has 0 aliphatic carbocycles. The summed E-state index contributed by atoms with van der Waals surface area (Å²) >= 11 is 3.15. The molecule has 2 aromatic heterocycles. The number of hydrogen-bond donors (Lipinski definition) is 0. The van der Waals surface area contributed by atoms with Crippen molar-refractivity contribution in [1.29, 1.82) is 0 Å². The number of benzene rings is 1. The Hall–Kier alpha value is -2.01. The maximum Gasteiger partial charge on any atom is 0.255 e. The number of nitrogens with zero attached hydrogens (tertiary/aromatic N) is 2. The van der Waals surface area contributed by atoms with E-state index in [1.807, 2.05) is 18.2 Å². The SMILES string of the molecule is Fc1cc(Br)cnc1Oc1ccc2cccnc2c1. The summed E-state index contributed by atoms with van der Waals surface area (Å²) in [6, 6.07) is 10.5. The van der Waals surface area contributed by atoms with Gasteiger partial charge in [0, 0.05) is 28.3 Å². The molecule has 2 heterocycles. The van der Waals surface area contributed by atoms with Crippen LogP contribution in [0.2, 0.25) is 0 Å². The van der Waals surface area contributed by atoms with Crippen LogP contribution in [0.4, 0.5) is 4.39 Å². The van der Waals surface area contributed by atoms with Crippen molar-refractivity contribution < 1.29 is 9.13 Å². The van der Waals surface area contributed by atoms with Crippen LogP contribution in [0.5, 0.6) is 11.6 Å². The molecule has 0 N–H and O–H groups in total. The molecule has 0 aliphatic rings. The minimum atomic E-state index is -0.518. The van der Waals surface area contributed by atoms with Crippen molar-refractivity contribution in [3.05, 3.63) is 59.1 Å². The van der Waals surface area contributed by atoms with E-state index in [0.29, 0.717) is 10.2 Å². The van der Waals surface area contributed by atoms with Gasteiger partial charge >= 0.3 is 0 Å². The maximum atomic E-state index is 13.6. The van der Waals surface area contributed by atoms with Crippen molar-refractivity contribution in [1.82, 2.24) is 9.97 Å². The van der Waals surface area contributed by atoms with Crippen molar-refractivity contribution in [3.63, 3.8) is 0 Å². The van der Waals surface area contributed by atoms with Gasteiger partial charge in [0.15, 0.2) is 5.82 Å². The zero-order valence-electron chi connectivity index (χ0n) is 9.68. The topological polar surface area (TPSA) is 35.0 Å². The smallest absolute Gasteiger partial charge is 0.255 e. The van der Waals surface area contributed by atoms with E-state index in [2.05, 4.69) is 25.9 Å². The monoisotopic (exact) mass is 318 g/mol. The Morgan fingerprint density at radius 1 is 1.11 bits per heavy atom. The van der Waals surface area contributed by atoms with Gasteiger partial charge in [0.25, 0.3) is 5.88 Å². The summed E-state index contributed by atoms with van der Waals surface area (Å²) in [4.78, 5) is 8.11. The van der Waals surface area contributed by atoms with Gasteiger partial charge in [0.2, 0.25) is 0 Å². The van der Waals surface area contributed by atoms with Crippen LogP contribution in [0.3, 0.4) is 0 Å². The van der Waals surface area contributed by atoms with Crippen LogP contribution >= 0.6 is 15.9 Å². The zero-order chi connectivity index (χ0) is 13.2. The molecule has 5 heteroatoms. The number of hydrogen-bond acceptors (Lipinski definition) is 3. The second-order valence-corrected chi connectivity index (χ2v) is 4.82. The third-order valence-corrected chi connectivity index (χ3v) is 3.00. The standard InChI is InChI=1S/C14H8BrFN2O/c15-10-6-12(16)14(18-8-10)19-11-4-3-9-2-1-5-17-13(9)7-11/h1-8H. The lowest BCUT2D eigenvalue weighted by molar-refractivity contribution is 0.423. The van der Waals surface area contributed by atoms with E-state index in [1.54, 1.807) is 18.3 Å². The largest absolute Gasteiger partial charge is 0.436 e. The van der Waals surface area contributed by atoms with Crippen LogP contribution in [0.25, 0.3) is 10.9 Å². The average molecular weight is 319 g/mol. The molecule has 0 spiro atoms. The minimum absolute atomic E-state index is 0.0570. The van der Waals surface area contributed by atoms with Crippen LogP contribution < -0.4 is 4.74 Å². The summed E-state index contributed by atoms with van der Waals surface area (Å²) in [5, 5.41) is 0.999. The van der Waals surface area contributed by atoms with Gasteiger partial charge in [-0.3, -0.25) is 4.98 Å². The molecule has 0 radical (unpaired) electrons. The van der Waals surface area contributed by atoms with Crippen LogP contribution in [-0.4, -0.2) is 9.97 Å². The highest BCUT2D eigenvalue weighted by atomic mass is 79.9. The second kappa shape index (κ2) is 4.93. The number of pyridine rings is 2. The van der Waals surface area contributed by atoms with Gasteiger partial charge in [0.05, 0.1) is 5.52 Å². The average Bonchev–Trinajstić information content (AvgIpc) is 2.42. The molecule has 0 fully saturated rings. The van der Waals surface area contributed by atoms with Crippen LogP contribution in [0.15, 0.2) is 53.3 Å². The lowest BCUT2D eigenvalue weighted by Gasteiger charge is -2.06. The summed E-state index contributed by atoms with van der Waals surface area (Å²) < 4.78 is 19.6. The van der Waals surface area contributed by atoms with E-state index in [0.717, 1.165) is 10.9 Å². The molecular formula is C14H8BrFN2O. The Balaban J connectivity index is 1.96. The third-order valence-electron chi connectivity index (χ3n) is 2.57. The molecule has 3 nitrogen and oxygen atoms in total. The summed E-state index contributed by atoms with van der Waals surface area (Å²) in [7, 11) is 0. The Bertz CT molecular complexity index is 748. The van der Waals surface area contributed by atoms with E-state index in [4.69, 9.17) is 4.74 Å².